The number of carbonyl (C=O) groups is 1. The quantitative estimate of drug-likeness (QED) is 0.146. The Kier molecular flexibility index (Phi) is 8.20. The number of hydrogen-bond acceptors (Lipinski definition) is 5. The predicted molar refractivity (Wildman–Crippen MR) is 147 cm³/mol. The summed E-state index contributed by atoms with van der Waals surface area (Å²) in [5, 5.41) is 6.45. The van der Waals surface area contributed by atoms with Gasteiger partial charge in [0.05, 0.1) is 23.5 Å². The molecule has 178 valence electrons. The van der Waals surface area contributed by atoms with Gasteiger partial charge in [0.15, 0.2) is 11.5 Å². The summed E-state index contributed by atoms with van der Waals surface area (Å²) < 4.78 is 18.1. The van der Waals surface area contributed by atoms with Crippen LogP contribution in [0.3, 0.4) is 0 Å². The first-order valence-corrected chi connectivity index (χ1v) is 12.2. The number of methoxy groups -OCH3 is 1. The summed E-state index contributed by atoms with van der Waals surface area (Å²) in [4.78, 5) is 12.4. The molecule has 0 unspecified atom stereocenters. The number of nitrogens with zero attached hydrogens (tertiary/aromatic N) is 1. The molecule has 35 heavy (non-hydrogen) atoms. The van der Waals surface area contributed by atoms with Crippen molar-refractivity contribution in [2.45, 2.75) is 13.5 Å². The van der Waals surface area contributed by atoms with Gasteiger partial charge in [0, 0.05) is 5.56 Å². The summed E-state index contributed by atoms with van der Waals surface area (Å²) in [5.74, 6) is 1.59. The van der Waals surface area contributed by atoms with Crippen LogP contribution in [0, 0.1) is 3.57 Å². The fourth-order valence-electron chi connectivity index (χ4n) is 3.63. The zero-order valence-electron chi connectivity index (χ0n) is 19.5. The SMILES string of the molecule is CCOc1cc(/C=N/NC(=O)c2cccc(OC)c2)cc(I)c1OCc1cccc2ccccc12. The lowest BCUT2D eigenvalue weighted by atomic mass is 10.1. The number of hydrazone groups is 1. The second-order valence-corrected chi connectivity index (χ2v) is 8.78. The molecule has 6 nitrogen and oxygen atoms in total. The fraction of sp³-hybridized carbons (Fsp3) is 0.143. The molecule has 4 rings (SSSR count). The van der Waals surface area contributed by atoms with E-state index in [1.165, 1.54) is 10.8 Å². The number of halogens is 1. The molecule has 0 aromatic heterocycles. The third-order valence-corrected chi connectivity index (χ3v) is 6.10. The van der Waals surface area contributed by atoms with E-state index >= 15 is 0 Å². The monoisotopic (exact) mass is 580 g/mol. The van der Waals surface area contributed by atoms with Gasteiger partial charge in [-0.2, -0.15) is 5.10 Å². The Balaban J connectivity index is 1.50. The van der Waals surface area contributed by atoms with Crippen LogP contribution in [0.2, 0.25) is 0 Å². The van der Waals surface area contributed by atoms with Crippen LogP contribution >= 0.6 is 22.6 Å². The Morgan fingerprint density at radius 1 is 1.00 bits per heavy atom. The lowest BCUT2D eigenvalue weighted by molar-refractivity contribution is 0.0955. The van der Waals surface area contributed by atoms with Crippen LogP contribution in [0.4, 0.5) is 0 Å². The summed E-state index contributed by atoms with van der Waals surface area (Å²) in [7, 11) is 1.56. The van der Waals surface area contributed by atoms with Gasteiger partial charge in [-0.15, -0.1) is 0 Å². The van der Waals surface area contributed by atoms with E-state index in [1.807, 2.05) is 37.3 Å². The lowest BCUT2D eigenvalue weighted by Gasteiger charge is -2.15. The average molecular weight is 580 g/mol. The number of ether oxygens (including phenoxy) is 3. The summed E-state index contributed by atoms with van der Waals surface area (Å²) in [6.07, 6.45) is 1.58. The molecule has 7 heteroatoms. The number of hydrogen-bond donors (Lipinski definition) is 1. The normalized spacial score (nSPS) is 10.9. The van der Waals surface area contributed by atoms with Crippen molar-refractivity contribution in [2.24, 2.45) is 5.10 Å². The number of fused-ring (bicyclic) bond motifs is 1. The molecule has 0 aliphatic rings. The lowest BCUT2D eigenvalue weighted by Crippen LogP contribution is -2.17. The number of carbonyl (C=O) groups excluding carboxylic acids is 1. The Hall–Kier alpha value is -3.59. The minimum atomic E-state index is -0.324. The minimum absolute atomic E-state index is 0.324. The van der Waals surface area contributed by atoms with Crippen LogP contribution in [0.5, 0.6) is 17.2 Å². The molecular weight excluding hydrogens is 555 g/mol. The van der Waals surface area contributed by atoms with Crippen LogP contribution in [-0.2, 0) is 6.61 Å². The molecule has 0 radical (unpaired) electrons. The molecular formula is C28H25IN2O4. The average Bonchev–Trinajstić information content (AvgIpc) is 2.88. The number of amides is 1. The second-order valence-electron chi connectivity index (χ2n) is 7.62. The van der Waals surface area contributed by atoms with Crippen molar-refractivity contribution in [3.63, 3.8) is 0 Å². The van der Waals surface area contributed by atoms with E-state index in [1.54, 1.807) is 37.6 Å². The van der Waals surface area contributed by atoms with Crippen molar-refractivity contribution in [3.8, 4) is 17.2 Å². The molecule has 0 heterocycles. The molecule has 0 saturated heterocycles. The maximum atomic E-state index is 12.4. The van der Waals surface area contributed by atoms with Gasteiger partial charge in [-0.25, -0.2) is 5.43 Å². The van der Waals surface area contributed by atoms with E-state index in [0.29, 0.717) is 36.0 Å². The van der Waals surface area contributed by atoms with E-state index in [-0.39, 0.29) is 5.91 Å². The summed E-state index contributed by atoms with van der Waals surface area (Å²) >= 11 is 2.23. The van der Waals surface area contributed by atoms with Gasteiger partial charge in [0.2, 0.25) is 0 Å². The van der Waals surface area contributed by atoms with Gasteiger partial charge < -0.3 is 14.2 Å². The van der Waals surface area contributed by atoms with Gasteiger partial charge in [-0.05, 0) is 81.7 Å². The molecule has 0 atom stereocenters. The molecule has 4 aromatic rings. The molecule has 1 N–H and O–H groups in total. The topological polar surface area (TPSA) is 69.2 Å². The third kappa shape index (κ3) is 6.10. The minimum Gasteiger partial charge on any atom is -0.497 e. The Labute approximate surface area is 218 Å². The van der Waals surface area contributed by atoms with Crippen molar-refractivity contribution in [3.05, 3.63) is 99.1 Å². The van der Waals surface area contributed by atoms with Gasteiger partial charge in [0.25, 0.3) is 5.91 Å². The third-order valence-electron chi connectivity index (χ3n) is 5.30. The first-order valence-electron chi connectivity index (χ1n) is 11.1. The molecule has 0 fully saturated rings. The van der Waals surface area contributed by atoms with E-state index in [2.05, 4.69) is 57.4 Å². The maximum absolute atomic E-state index is 12.4. The zero-order valence-corrected chi connectivity index (χ0v) is 21.6. The molecule has 4 aromatic carbocycles. The number of nitrogens with one attached hydrogen (secondary N) is 1. The summed E-state index contributed by atoms with van der Waals surface area (Å²) in [6, 6.07) is 25.1. The van der Waals surface area contributed by atoms with Crippen molar-refractivity contribution in [1.82, 2.24) is 5.43 Å². The fourth-order valence-corrected chi connectivity index (χ4v) is 4.41. The zero-order chi connectivity index (χ0) is 24.6. The van der Waals surface area contributed by atoms with Crippen molar-refractivity contribution < 1.29 is 19.0 Å². The highest BCUT2D eigenvalue weighted by atomic mass is 127. The Morgan fingerprint density at radius 3 is 2.63 bits per heavy atom. The van der Waals surface area contributed by atoms with Gasteiger partial charge in [-0.3, -0.25) is 4.79 Å². The van der Waals surface area contributed by atoms with Crippen LogP contribution in [-0.4, -0.2) is 25.8 Å². The first-order chi connectivity index (χ1) is 17.1. The van der Waals surface area contributed by atoms with E-state index < -0.39 is 0 Å². The Morgan fingerprint density at radius 2 is 1.80 bits per heavy atom. The number of rotatable bonds is 9. The van der Waals surface area contributed by atoms with Crippen LogP contribution in [0.15, 0.2) is 84.0 Å². The van der Waals surface area contributed by atoms with Gasteiger partial charge in [-0.1, -0.05) is 48.5 Å². The molecule has 1 amide bonds. The van der Waals surface area contributed by atoms with E-state index in [9.17, 15) is 4.79 Å². The van der Waals surface area contributed by atoms with Crippen LogP contribution in [0.25, 0.3) is 10.8 Å². The maximum Gasteiger partial charge on any atom is 0.271 e. The standard InChI is InChI=1S/C28H25IN2O4/c1-3-34-26-15-19(17-30-31-28(32)21-10-7-12-23(16-21)33-2)14-25(29)27(26)35-18-22-11-6-9-20-8-4-5-13-24(20)22/h4-17H,3,18H2,1-2H3,(H,31,32)/b30-17+. The molecule has 0 aliphatic carbocycles. The number of benzene rings is 4. The smallest absolute Gasteiger partial charge is 0.271 e. The molecule has 0 saturated carbocycles. The first kappa shape index (κ1) is 24.5. The van der Waals surface area contributed by atoms with Crippen LogP contribution in [0.1, 0.15) is 28.4 Å². The summed E-state index contributed by atoms with van der Waals surface area (Å²) in [6.45, 7) is 2.84. The van der Waals surface area contributed by atoms with Crippen LogP contribution < -0.4 is 19.6 Å². The predicted octanol–water partition coefficient (Wildman–Crippen LogP) is 6.19. The van der Waals surface area contributed by atoms with Crippen molar-refractivity contribution >= 4 is 45.5 Å². The van der Waals surface area contributed by atoms with E-state index in [4.69, 9.17) is 14.2 Å². The molecule has 0 bridgehead atoms. The van der Waals surface area contributed by atoms with E-state index in [0.717, 1.165) is 14.7 Å². The highest BCUT2D eigenvalue weighted by Gasteiger charge is 2.13. The van der Waals surface area contributed by atoms with Gasteiger partial charge >= 0.3 is 0 Å². The Bertz CT molecular complexity index is 1370. The highest BCUT2D eigenvalue weighted by Crippen LogP contribution is 2.35. The molecule has 0 spiro atoms. The second kappa shape index (κ2) is 11.7. The van der Waals surface area contributed by atoms with Gasteiger partial charge in [0.1, 0.15) is 12.4 Å². The molecule has 0 aliphatic heterocycles. The van der Waals surface area contributed by atoms with Crippen molar-refractivity contribution in [1.29, 1.82) is 0 Å². The largest absolute Gasteiger partial charge is 0.497 e. The van der Waals surface area contributed by atoms with Crippen molar-refractivity contribution in [2.75, 3.05) is 13.7 Å². The highest BCUT2D eigenvalue weighted by molar-refractivity contribution is 14.1. The summed E-state index contributed by atoms with van der Waals surface area (Å²) in [5.41, 5.74) is 4.89.